The molecule has 1 aliphatic carbocycles. The van der Waals surface area contributed by atoms with E-state index in [4.69, 9.17) is 0 Å². The Kier molecular flexibility index (Phi) is 4.69. The monoisotopic (exact) mass is 321 g/mol. The van der Waals surface area contributed by atoms with Crippen LogP contribution in [0.4, 0.5) is 4.39 Å². The number of aliphatic hydroxyl groups is 2. The summed E-state index contributed by atoms with van der Waals surface area (Å²) in [5, 5.41) is 20.9. The minimum atomic E-state index is -1.16. The standard InChI is InChI=1S/C18H24FNO3/c19-15-5-3-13(4-6-15)16(21)14-7-11-20(12-8-14)17(22)18(23)9-1-2-10-18/h3-6,14,16,21,23H,1-2,7-12H2. The van der Waals surface area contributed by atoms with Crippen LogP contribution >= 0.6 is 0 Å². The topological polar surface area (TPSA) is 60.8 Å². The number of amides is 1. The first-order valence-corrected chi connectivity index (χ1v) is 8.45. The number of hydrogen-bond acceptors (Lipinski definition) is 3. The van der Waals surface area contributed by atoms with Gasteiger partial charge in [0.1, 0.15) is 11.4 Å². The molecular weight excluding hydrogens is 297 g/mol. The van der Waals surface area contributed by atoms with Crippen LogP contribution in [-0.2, 0) is 4.79 Å². The Hall–Kier alpha value is -1.46. The van der Waals surface area contributed by atoms with E-state index in [-0.39, 0.29) is 17.6 Å². The average molecular weight is 321 g/mol. The number of likely N-dealkylation sites (tertiary alicyclic amines) is 1. The fraction of sp³-hybridized carbons (Fsp3) is 0.611. The van der Waals surface area contributed by atoms with Crippen LogP contribution in [0.2, 0.25) is 0 Å². The summed E-state index contributed by atoms with van der Waals surface area (Å²) >= 11 is 0. The Morgan fingerprint density at radius 2 is 1.74 bits per heavy atom. The highest BCUT2D eigenvalue weighted by Gasteiger charge is 2.42. The average Bonchev–Trinajstić information content (AvgIpc) is 3.02. The van der Waals surface area contributed by atoms with Crippen molar-refractivity contribution in [1.82, 2.24) is 4.90 Å². The lowest BCUT2D eigenvalue weighted by molar-refractivity contribution is -0.152. The third-order valence-corrected chi connectivity index (χ3v) is 5.31. The van der Waals surface area contributed by atoms with Gasteiger partial charge in [-0.15, -0.1) is 0 Å². The van der Waals surface area contributed by atoms with Crippen molar-refractivity contribution in [2.45, 2.75) is 50.2 Å². The maximum absolute atomic E-state index is 13.0. The normalized spacial score (nSPS) is 23.0. The first-order valence-electron chi connectivity index (χ1n) is 8.45. The van der Waals surface area contributed by atoms with Gasteiger partial charge in [0, 0.05) is 13.1 Å². The molecule has 0 aromatic heterocycles. The van der Waals surface area contributed by atoms with Gasteiger partial charge >= 0.3 is 0 Å². The summed E-state index contributed by atoms with van der Waals surface area (Å²) in [6.45, 7) is 1.12. The molecule has 0 spiro atoms. The van der Waals surface area contributed by atoms with E-state index in [1.165, 1.54) is 12.1 Å². The molecule has 1 amide bonds. The van der Waals surface area contributed by atoms with Gasteiger partial charge in [-0.25, -0.2) is 4.39 Å². The van der Waals surface area contributed by atoms with Crippen molar-refractivity contribution < 1.29 is 19.4 Å². The van der Waals surface area contributed by atoms with Crippen molar-refractivity contribution in [1.29, 1.82) is 0 Å². The summed E-state index contributed by atoms with van der Waals surface area (Å²) in [6.07, 6.45) is 3.68. The largest absolute Gasteiger partial charge is 0.388 e. The van der Waals surface area contributed by atoms with E-state index < -0.39 is 11.7 Å². The number of aliphatic hydroxyl groups excluding tert-OH is 1. The van der Waals surface area contributed by atoms with Crippen molar-refractivity contribution >= 4 is 5.91 Å². The van der Waals surface area contributed by atoms with Gasteiger partial charge in [0.15, 0.2) is 0 Å². The number of nitrogens with zero attached hydrogens (tertiary/aromatic N) is 1. The van der Waals surface area contributed by atoms with E-state index in [9.17, 15) is 19.4 Å². The van der Waals surface area contributed by atoms with Crippen molar-refractivity contribution in [3.63, 3.8) is 0 Å². The van der Waals surface area contributed by atoms with Crippen molar-refractivity contribution in [2.75, 3.05) is 13.1 Å². The van der Waals surface area contributed by atoms with E-state index in [1.54, 1.807) is 17.0 Å². The van der Waals surface area contributed by atoms with Crippen LogP contribution in [-0.4, -0.2) is 39.7 Å². The highest BCUT2D eigenvalue weighted by molar-refractivity contribution is 5.85. The van der Waals surface area contributed by atoms with E-state index in [1.807, 2.05) is 0 Å². The molecule has 0 radical (unpaired) electrons. The first kappa shape index (κ1) is 16.4. The van der Waals surface area contributed by atoms with Crippen LogP contribution in [0.5, 0.6) is 0 Å². The van der Waals surface area contributed by atoms with Gasteiger partial charge in [-0.1, -0.05) is 12.1 Å². The molecule has 2 fully saturated rings. The smallest absolute Gasteiger partial charge is 0.254 e. The van der Waals surface area contributed by atoms with Gasteiger partial charge in [0.05, 0.1) is 6.10 Å². The fourth-order valence-electron chi connectivity index (χ4n) is 3.82. The highest BCUT2D eigenvalue weighted by Crippen LogP contribution is 2.35. The molecule has 23 heavy (non-hydrogen) atoms. The minimum absolute atomic E-state index is 0.0581. The molecule has 1 heterocycles. The predicted octanol–water partition coefficient (Wildman–Crippen LogP) is 2.40. The van der Waals surface area contributed by atoms with Gasteiger partial charge < -0.3 is 15.1 Å². The first-order chi connectivity index (χ1) is 11.0. The van der Waals surface area contributed by atoms with Crippen LogP contribution in [0.3, 0.4) is 0 Å². The third-order valence-electron chi connectivity index (χ3n) is 5.31. The molecule has 1 atom stereocenters. The maximum Gasteiger partial charge on any atom is 0.254 e. The summed E-state index contributed by atoms with van der Waals surface area (Å²) in [5.41, 5.74) is -0.451. The number of benzene rings is 1. The second-order valence-corrected chi connectivity index (χ2v) is 6.86. The molecule has 1 saturated heterocycles. The van der Waals surface area contributed by atoms with Gasteiger partial charge in [0.25, 0.3) is 5.91 Å². The number of halogens is 1. The second-order valence-electron chi connectivity index (χ2n) is 6.86. The maximum atomic E-state index is 13.0. The van der Waals surface area contributed by atoms with Crippen molar-refractivity contribution in [3.8, 4) is 0 Å². The molecule has 1 aliphatic heterocycles. The molecule has 1 aromatic rings. The van der Waals surface area contributed by atoms with Gasteiger partial charge in [-0.3, -0.25) is 4.79 Å². The molecule has 1 unspecified atom stereocenters. The lowest BCUT2D eigenvalue weighted by Crippen LogP contribution is -2.50. The number of carbonyl (C=O) groups excluding carboxylic acids is 1. The Balaban J connectivity index is 1.57. The zero-order valence-electron chi connectivity index (χ0n) is 13.2. The molecule has 2 aliphatic rings. The summed E-state index contributed by atoms with van der Waals surface area (Å²) in [5.74, 6) is -0.404. The summed E-state index contributed by atoms with van der Waals surface area (Å²) in [7, 11) is 0. The Morgan fingerprint density at radius 1 is 1.17 bits per heavy atom. The lowest BCUT2D eigenvalue weighted by Gasteiger charge is -2.37. The number of carbonyl (C=O) groups is 1. The second kappa shape index (κ2) is 6.57. The highest BCUT2D eigenvalue weighted by atomic mass is 19.1. The molecule has 0 bridgehead atoms. The molecule has 1 aromatic carbocycles. The van der Waals surface area contributed by atoms with Crippen LogP contribution in [0, 0.1) is 11.7 Å². The zero-order chi connectivity index (χ0) is 16.4. The Bertz CT molecular complexity index is 546. The van der Waals surface area contributed by atoms with Gasteiger partial charge in [-0.05, 0) is 62.1 Å². The van der Waals surface area contributed by atoms with E-state index in [0.717, 1.165) is 12.8 Å². The van der Waals surface area contributed by atoms with Crippen LogP contribution in [0.15, 0.2) is 24.3 Å². The fourth-order valence-corrected chi connectivity index (χ4v) is 3.82. The molecule has 4 nitrogen and oxygen atoms in total. The number of hydrogen-bond donors (Lipinski definition) is 2. The molecule has 5 heteroatoms. The molecule has 3 rings (SSSR count). The van der Waals surface area contributed by atoms with Crippen LogP contribution < -0.4 is 0 Å². The van der Waals surface area contributed by atoms with Crippen molar-refractivity contribution in [2.24, 2.45) is 5.92 Å². The lowest BCUT2D eigenvalue weighted by atomic mass is 9.86. The Labute approximate surface area is 135 Å². The summed E-state index contributed by atoms with van der Waals surface area (Å²) < 4.78 is 13.0. The van der Waals surface area contributed by atoms with Gasteiger partial charge in [0.2, 0.25) is 0 Å². The van der Waals surface area contributed by atoms with E-state index in [2.05, 4.69) is 0 Å². The van der Waals surface area contributed by atoms with Crippen molar-refractivity contribution in [3.05, 3.63) is 35.6 Å². The molecule has 1 saturated carbocycles. The van der Waals surface area contributed by atoms with Crippen LogP contribution in [0.25, 0.3) is 0 Å². The molecular formula is C18H24FNO3. The number of piperidine rings is 1. The molecule has 2 N–H and O–H groups in total. The summed E-state index contributed by atoms with van der Waals surface area (Å²) in [6, 6.07) is 5.93. The summed E-state index contributed by atoms with van der Waals surface area (Å²) in [4.78, 5) is 14.2. The van der Waals surface area contributed by atoms with Gasteiger partial charge in [-0.2, -0.15) is 0 Å². The molecule has 126 valence electrons. The number of rotatable bonds is 3. The third kappa shape index (κ3) is 3.40. The van der Waals surface area contributed by atoms with E-state index in [0.29, 0.717) is 44.3 Å². The zero-order valence-corrected chi connectivity index (χ0v) is 13.2. The minimum Gasteiger partial charge on any atom is -0.388 e. The van der Waals surface area contributed by atoms with Crippen LogP contribution in [0.1, 0.15) is 50.2 Å². The Morgan fingerprint density at radius 3 is 2.30 bits per heavy atom. The van der Waals surface area contributed by atoms with E-state index >= 15 is 0 Å². The predicted molar refractivity (Wildman–Crippen MR) is 84.1 cm³/mol. The quantitative estimate of drug-likeness (QED) is 0.899. The SMILES string of the molecule is O=C(N1CCC(C(O)c2ccc(F)cc2)CC1)C1(O)CCCC1.